The highest BCUT2D eigenvalue weighted by Crippen LogP contribution is 2.44. The fraction of sp³-hybridized carbons (Fsp3) is 0.667. The van der Waals surface area contributed by atoms with E-state index < -0.39 is 5.82 Å². The molecule has 2 saturated heterocycles. The number of benzene rings is 1. The first-order chi connectivity index (χ1) is 19.6. The SMILES string of the molecule is CCN(C(=O)c1cc(F)ccc1Oc1nncnc1N1CCC2(C1)CN(C(CC(CNC)OC)C(C)C)C2)C(C)C. The molecule has 0 saturated carbocycles. The van der Waals surface area contributed by atoms with E-state index in [1.807, 2.05) is 27.8 Å². The molecule has 1 spiro atoms. The van der Waals surface area contributed by atoms with Crippen molar-refractivity contribution in [3.05, 3.63) is 35.9 Å². The number of ether oxygens (including phenoxy) is 2. The highest BCUT2D eigenvalue weighted by molar-refractivity contribution is 5.97. The zero-order valence-corrected chi connectivity index (χ0v) is 25.6. The van der Waals surface area contributed by atoms with Crippen molar-refractivity contribution in [1.29, 1.82) is 0 Å². The summed E-state index contributed by atoms with van der Waals surface area (Å²) in [6.07, 6.45) is 3.63. The predicted molar refractivity (Wildman–Crippen MR) is 157 cm³/mol. The van der Waals surface area contributed by atoms with Crippen molar-refractivity contribution in [1.82, 2.24) is 30.3 Å². The van der Waals surface area contributed by atoms with Crippen molar-refractivity contribution in [2.45, 2.75) is 65.6 Å². The van der Waals surface area contributed by atoms with Gasteiger partial charge in [0.1, 0.15) is 17.9 Å². The molecule has 41 heavy (non-hydrogen) atoms. The fourth-order valence-corrected chi connectivity index (χ4v) is 6.33. The van der Waals surface area contributed by atoms with Crippen LogP contribution in [0.1, 0.15) is 57.8 Å². The molecule has 11 heteroatoms. The van der Waals surface area contributed by atoms with Crippen LogP contribution in [0.2, 0.25) is 0 Å². The lowest BCUT2D eigenvalue weighted by Gasteiger charge is -2.53. The molecule has 0 radical (unpaired) electrons. The minimum Gasteiger partial charge on any atom is -0.434 e. The molecule has 2 unspecified atom stereocenters. The van der Waals surface area contributed by atoms with E-state index in [2.05, 4.69) is 44.1 Å². The average molecular weight is 572 g/mol. The van der Waals surface area contributed by atoms with Crippen LogP contribution < -0.4 is 15.0 Å². The Balaban J connectivity index is 1.48. The zero-order valence-electron chi connectivity index (χ0n) is 25.6. The lowest BCUT2D eigenvalue weighted by atomic mass is 9.76. The molecule has 226 valence electrons. The minimum atomic E-state index is -0.503. The Labute approximate surface area is 243 Å². The van der Waals surface area contributed by atoms with Gasteiger partial charge in [-0.05, 0) is 64.8 Å². The number of rotatable bonds is 13. The lowest BCUT2D eigenvalue weighted by Crippen LogP contribution is -2.62. The van der Waals surface area contributed by atoms with Gasteiger partial charge in [0.2, 0.25) is 0 Å². The van der Waals surface area contributed by atoms with Gasteiger partial charge in [0, 0.05) is 63.9 Å². The van der Waals surface area contributed by atoms with Crippen LogP contribution in [0.4, 0.5) is 10.2 Å². The largest absolute Gasteiger partial charge is 0.434 e. The number of hydrogen-bond donors (Lipinski definition) is 1. The van der Waals surface area contributed by atoms with Gasteiger partial charge in [0.25, 0.3) is 11.8 Å². The minimum absolute atomic E-state index is 0.0424. The Morgan fingerprint density at radius 2 is 1.98 bits per heavy atom. The molecule has 2 aliphatic rings. The number of amides is 1. The summed E-state index contributed by atoms with van der Waals surface area (Å²) in [6.45, 7) is 15.4. The Morgan fingerprint density at radius 1 is 1.22 bits per heavy atom. The van der Waals surface area contributed by atoms with E-state index in [4.69, 9.17) is 9.47 Å². The average Bonchev–Trinajstić information content (AvgIpc) is 3.37. The molecule has 0 bridgehead atoms. The number of nitrogens with one attached hydrogen (secondary N) is 1. The second kappa shape index (κ2) is 13.4. The quantitative estimate of drug-likeness (QED) is 0.385. The topological polar surface area (TPSA) is 96.0 Å². The maximum atomic E-state index is 14.2. The number of halogens is 1. The van der Waals surface area contributed by atoms with Crippen LogP contribution in [0.5, 0.6) is 11.6 Å². The first-order valence-electron chi connectivity index (χ1n) is 14.7. The molecule has 2 aromatic rings. The van der Waals surface area contributed by atoms with Crippen molar-refractivity contribution >= 4 is 11.7 Å². The van der Waals surface area contributed by atoms with Crippen LogP contribution in [0, 0.1) is 17.2 Å². The standard InChI is InChI=1S/C30H46FN7O3/c1-8-38(21(4)5)29(39)24-13-22(31)9-10-26(24)41-28-27(33-19-34-35-28)36-12-11-30(16-36)17-37(18-30)25(20(2)3)14-23(40-7)15-32-6/h9-10,13,19-21,23,25,32H,8,11-12,14-18H2,1-7H3. The van der Waals surface area contributed by atoms with Crippen LogP contribution in [0.25, 0.3) is 0 Å². The van der Waals surface area contributed by atoms with E-state index in [9.17, 15) is 9.18 Å². The number of aromatic nitrogens is 3. The van der Waals surface area contributed by atoms with Gasteiger partial charge >= 0.3 is 0 Å². The number of carbonyl (C=O) groups is 1. The molecular weight excluding hydrogens is 525 g/mol. The van der Waals surface area contributed by atoms with E-state index in [1.54, 1.807) is 12.0 Å². The highest BCUT2D eigenvalue weighted by Gasteiger charge is 2.50. The smallest absolute Gasteiger partial charge is 0.282 e. The second-order valence-corrected chi connectivity index (χ2v) is 12.1. The van der Waals surface area contributed by atoms with Gasteiger partial charge in [0.05, 0.1) is 11.7 Å². The van der Waals surface area contributed by atoms with E-state index >= 15 is 0 Å². The summed E-state index contributed by atoms with van der Waals surface area (Å²) in [4.78, 5) is 24.3. The van der Waals surface area contributed by atoms with Gasteiger partial charge < -0.3 is 24.6 Å². The van der Waals surface area contributed by atoms with Gasteiger partial charge in [-0.15, -0.1) is 10.2 Å². The molecule has 0 aliphatic carbocycles. The Kier molecular flexibility index (Phi) is 10.1. The van der Waals surface area contributed by atoms with Crippen molar-refractivity contribution < 1.29 is 18.7 Å². The Hall–Kier alpha value is -2.89. The molecule has 4 rings (SSSR count). The maximum absolute atomic E-state index is 14.2. The van der Waals surface area contributed by atoms with Gasteiger partial charge in [-0.3, -0.25) is 9.69 Å². The van der Waals surface area contributed by atoms with E-state index in [-0.39, 0.29) is 40.7 Å². The summed E-state index contributed by atoms with van der Waals surface area (Å²) in [5.74, 6) is 0.757. The summed E-state index contributed by atoms with van der Waals surface area (Å²) < 4.78 is 26.1. The van der Waals surface area contributed by atoms with Gasteiger partial charge in [-0.25, -0.2) is 9.37 Å². The number of hydrogen-bond acceptors (Lipinski definition) is 9. The molecule has 1 N–H and O–H groups in total. The van der Waals surface area contributed by atoms with E-state index in [0.717, 1.165) is 45.6 Å². The van der Waals surface area contributed by atoms with Crippen molar-refractivity contribution in [3.63, 3.8) is 0 Å². The van der Waals surface area contributed by atoms with Gasteiger partial charge in [-0.2, -0.15) is 0 Å². The third kappa shape index (κ3) is 6.95. The second-order valence-electron chi connectivity index (χ2n) is 12.1. The molecule has 1 amide bonds. The Morgan fingerprint density at radius 3 is 2.61 bits per heavy atom. The number of nitrogens with zero attached hydrogens (tertiary/aromatic N) is 6. The third-order valence-corrected chi connectivity index (χ3v) is 8.50. The van der Waals surface area contributed by atoms with Crippen molar-refractivity contribution in [2.24, 2.45) is 11.3 Å². The monoisotopic (exact) mass is 571 g/mol. The summed E-state index contributed by atoms with van der Waals surface area (Å²) in [5, 5.41) is 11.4. The maximum Gasteiger partial charge on any atom is 0.282 e. The van der Waals surface area contributed by atoms with E-state index in [0.29, 0.717) is 24.3 Å². The number of methoxy groups -OCH3 is 1. The van der Waals surface area contributed by atoms with Gasteiger partial charge in [-0.1, -0.05) is 13.8 Å². The fourth-order valence-electron chi connectivity index (χ4n) is 6.33. The first-order valence-corrected chi connectivity index (χ1v) is 14.7. The van der Waals surface area contributed by atoms with Crippen LogP contribution in [0.3, 0.4) is 0 Å². The molecule has 1 aromatic heterocycles. The molecule has 10 nitrogen and oxygen atoms in total. The zero-order chi connectivity index (χ0) is 29.7. The van der Waals surface area contributed by atoms with Crippen LogP contribution in [-0.4, -0.2) is 103 Å². The van der Waals surface area contributed by atoms with Crippen molar-refractivity contribution in [2.75, 3.05) is 58.3 Å². The van der Waals surface area contributed by atoms with Gasteiger partial charge in [0.15, 0.2) is 5.82 Å². The molecule has 2 fully saturated rings. The summed E-state index contributed by atoms with van der Waals surface area (Å²) in [6, 6.07) is 4.38. The summed E-state index contributed by atoms with van der Waals surface area (Å²) in [5.41, 5.74) is 0.327. The molecule has 1 aromatic carbocycles. The third-order valence-electron chi connectivity index (χ3n) is 8.50. The highest BCUT2D eigenvalue weighted by atomic mass is 19.1. The summed E-state index contributed by atoms with van der Waals surface area (Å²) in [7, 11) is 3.75. The number of anilines is 1. The molecule has 3 heterocycles. The van der Waals surface area contributed by atoms with Crippen molar-refractivity contribution in [3.8, 4) is 11.6 Å². The Bertz CT molecular complexity index is 1170. The van der Waals surface area contributed by atoms with Crippen LogP contribution in [0.15, 0.2) is 24.5 Å². The van der Waals surface area contributed by atoms with Crippen LogP contribution >= 0.6 is 0 Å². The number of carbonyl (C=O) groups excluding carboxylic acids is 1. The predicted octanol–water partition coefficient (Wildman–Crippen LogP) is 3.83. The van der Waals surface area contributed by atoms with Crippen LogP contribution in [-0.2, 0) is 4.74 Å². The normalized spacial score (nSPS) is 18.1. The molecular formula is C30H46FN7O3. The first kappa shape index (κ1) is 31.1. The summed E-state index contributed by atoms with van der Waals surface area (Å²) >= 11 is 0. The molecule has 2 aliphatic heterocycles. The lowest BCUT2D eigenvalue weighted by molar-refractivity contribution is -0.0500. The number of likely N-dealkylation sites (tertiary alicyclic amines) is 1. The molecule has 2 atom stereocenters. The van der Waals surface area contributed by atoms with E-state index in [1.165, 1.54) is 24.5 Å². The number of likely N-dealkylation sites (N-methyl/N-ethyl adjacent to an activating group) is 1.